The fourth-order valence-electron chi connectivity index (χ4n) is 6.33. The number of hydrogen-bond acceptors (Lipinski definition) is 4. The van der Waals surface area contributed by atoms with E-state index in [0.717, 1.165) is 19.3 Å². The fraction of sp³-hybridized carbons (Fsp3) is 0.667. The molecule has 4 aliphatic rings. The number of carbonyl (C=O) groups excluding carboxylic acids is 2. The molecule has 0 unspecified atom stereocenters. The lowest BCUT2D eigenvalue weighted by molar-refractivity contribution is -0.148. The van der Waals surface area contributed by atoms with Crippen LogP contribution in [-0.2, 0) is 9.59 Å². The van der Waals surface area contributed by atoms with Gasteiger partial charge in [-0.25, -0.2) is 0 Å². The van der Waals surface area contributed by atoms with Crippen LogP contribution in [0.3, 0.4) is 0 Å². The van der Waals surface area contributed by atoms with Crippen LogP contribution < -0.4 is 20.1 Å². The summed E-state index contributed by atoms with van der Waals surface area (Å²) in [5.41, 5.74) is 0.304. The topological polar surface area (TPSA) is 76.7 Å². The molecule has 0 radical (unpaired) electrons. The monoisotopic (exact) mass is 414 g/mol. The maximum atomic E-state index is 13.4. The maximum absolute atomic E-state index is 13.4. The zero-order valence-corrected chi connectivity index (χ0v) is 18.5. The van der Waals surface area contributed by atoms with Crippen molar-refractivity contribution in [1.82, 2.24) is 5.32 Å². The minimum absolute atomic E-state index is 0.0212. The second kappa shape index (κ2) is 8.12. The first kappa shape index (κ1) is 21.0. The summed E-state index contributed by atoms with van der Waals surface area (Å²) in [4.78, 5) is 26.6. The van der Waals surface area contributed by atoms with E-state index in [1.165, 1.54) is 19.3 Å². The van der Waals surface area contributed by atoms with Crippen LogP contribution in [0.1, 0.15) is 52.4 Å². The summed E-state index contributed by atoms with van der Waals surface area (Å²) >= 11 is 0. The van der Waals surface area contributed by atoms with Gasteiger partial charge in [-0.2, -0.15) is 0 Å². The van der Waals surface area contributed by atoms with E-state index in [-0.39, 0.29) is 23.1 Å². The quantitative estimate of drug-likeness (QED) is 0.707. The van der Waals surface area contributed by atoms with Crippen LogP contribution in [0.15, 0.2) is 18.2 Å². The molecule has 6 heteroatoms. The summed E-state index contributed by atoms with van der Waals surface area (Å²) in [6.45, 7) is 3.94. The Morgan fingerprint density at radius 1 is 1.00 bits per heavy atom. The van der Waals surface area contributed by atoms with Crippen molar-refractivity contribution in [3.63, 3.8) is 0 Å². The number of benzene rings is 1. The van der Waals surface area contributed by atoms with Crippen molar-refractivity contribution < 1.29 is 19.1 Å². The summed E-state index contributed by atoms with van der Waals surface area (Å²) in [5, 5.41) is 6.08. The van der Waals surface area contributed by atoms with Crippen LogP contribution in [0, 0.1) is 29.1 Å². The predicted molar refractivity (Wildman–Crippen MR) is 116 cm³/mol. The standard InChI is InChI=1S/C24H34N2O4/c1-14(2)21(22(27)25-19-6-5-18(29-3)10-20(19)30-4)26-23(28)24-11-15-7-16(12-24)9-17(8-15)13-24/h5-6,10,14-17,21H,7-9,11-13H2,1-4H3,(H,25,27)(H,26,28)/t15?,16?,17?,21-,24?/m0/s1. The van der Waals surface area contributed by atoms with E-state index >= 15 is 0 Å². The number of methoxy groups -OCH3 is 2. The third-order valence-corrected chi connectivity index (χ3v) is 7.42. The highest BCUT2D eigenvalue weighted by Crippen LogP contribution is 2.60. The van der Waals surface area contributed by atoms with E-state index in [1.807, 2.05) is 13.8 Å². The normalized spacial score (nSPS) is 30.1. The van der Waals surface area contributed by atoms with Crippen molar-refractivity contribution in [3.05, 3.63) is 18.2 Å². The zero-order chi connectivity index (χ0) is 21.5. The van der Waals surface area contributed by atoms with Gasteiger partial charge in [0.1, 0.15) is 17.5 Å². The van der Waals surface area contributed by atoms with E-state index in [2.05, 4.69) is 10.6 Å². The van der Waals surface area contributed by atoms with Gasteiger partial charge in [0, 0.05) is 11.5 Å². The lowest BCUT2D eigenvalue weighted by Crippen LogP contribution is -2.57. The number of carbonyl (C=O) groups is 2. The molecule has 5 rings (SSSR count). The third-order valence-electron chi connectivity index (χ3n) is 7.42. The highest BCUT2D eigenvalue weighted by atomic mass is 16.5. The Labute approximate surface area is 179 Å². The summed E-state index contributed by atoms with van der Waals surface area (Å²) in [7, 11) is 3.14. The van der Waals surface area contributed by atoms with Crippen molar-refractivity contribution in [2.24, 2.45) is 29.1 Å². The minimum atomic E-state index is -0.586. The van der Waals surface area contributed by atoms with Crippen molar-refractivity contribution in [2.75, 3.05) is 19.5 Å². The molecule has 0 saturated heterocycles. The van der Waals surface area contributed by atoms with Gasteiger partial charge in [-0.3, -0.25) is 9.59 Å². The first-order chi connectivity index (χ1) is 14.3. The molecular formula is C24H34N2O4. The molecule has 0 aliphatic heterocycles. The van der Waals surface area contributed by atoms with Crippen LogP contribution in [0.2, 0.25) is 0 Å². The Bertz CT molecular complexity index is 784. The highest BCUT2D eigenvalue weighted by molar-refractivity contribution is 5.99. The van der Waals surface area contributed by atoms with Gasteiger partial charge >= 0.3 is 0 Å². The smallest absolute Gasteiger partial charge is 0.247 e. The molecule has 0 heterocycles. The zero-order valence-electron chi connectivity index (χ0n) is 18.5. The molecule has 0 aromatic heterocycles. The predicted octanol–water partition coefficient (Wildman–Crippen LogP) is 4.00. The van der Waals surface area contributed by atoms with Crippen molar-refractivity contribution >= 4 is 17.5 Å². The van der Waals surface area contributed by atoms with Crippen LogP contribution >= 0.6 is 0 Å². The Hall–Kier alpha value is -2.24. The van der Waals surface area contributed by atoms with E-state index < -0.39 is 6.04 Å². The van der Waals surface area contributed by atoms with Gasteiger partial charge in [-0.05, 0) is 74.3 Å². The molecule has 2 amide bonds. The summed E-state index contributed by atoms with van der Waals surface area (Å²) in [6, 6.07) is 4.68. The Kier molecular flexibility index (Phi) is 5.69. The number of anilines is 1. The third kappa shape index (κ3) is 3.88. The summed E-state index contributed by atoms with van der Waals surface area (Å²) in [6.07, 6.45) is 6.84. The number of amides is 2. The van der Waals surface area contributed by atoms with Gasteiger partial charge in [0.25, 0.3) is 0 Å². The molecule has 2 N–H and O–H groups in total. The lowest BCUT2D eigenvalue weighted by Gasteiger charge is -2.55. The molecule has 4 aliphatic carbocycles. The minimum Gasteiger partial charge on any atom is -0.497 e. The molecule has 4 fully saturated rings. The van der Waals surface area contributed by atoms with Crippen molar-refractivity contribution in [3.8, 4) is 11.5 Å². The molecular weight excluding hydrogens is 380 g/mol. The first-order valence-electron chi connectivity index (χ1n) is 11.2. The molecule has 1 atom stereocenters. The van der Waals surface area contributed by atoms with Crippen molar-refractivity contribution in [2.45, 2.75) is 58.4 Å². The second-order valence-corrected chi connectivity index (χ2v) is 9.95. The van der Waals surface area contributed by atoms with Gasteiger partial charge in [-0.15, -0.1) is 0 Å². The molecule has 4 saturated carbocycles. The average Bonchev–Trinajstić information content (AvgIpc) is 2.70. The van der Waals surface area contributed by atoms with Crippen LogP contribution in [-0.4, -0.2) is 32.1 Å². The van der Waals surface area contributed by atoms with Crippen LogP contribution in [0.25, 0.3) is 0 Å². The summed E-state index contributed by atoms with van der Waals surface area (Å²) in [5.74, 6) is 3.10. The number of ether oxygens (including phenoxy) is 2. The van der Waals surface area contributed by atoms with Gasteiger partial charge in [0.15, 0.2) is 0 Å². The largest absolute Gasteiger partial charge is 0.497 e. The van der Waals surface area contributed by atoms with Crippen molar-refractivity contribution in [1.29, 1.82) is 0 Å². The Morgan fingerprint density at radius 3 is 2.10 bits per heavy atom. The maximum Gasteiger partial charge on any atom is 0.247 e. The second-order valence-electron chi connectivity index (χ2n) is 9.95. The van der Waals surface area contributed by atoms with Gasteiger partial charge in [0.2, 0.25) is 11.8 Å². The highest BCUT2D eigenvalue weighted by Gasteiger charge is 2.55. The van der Waals surface area contributed by atoms with Crippen LogP contribution in [0.5, 0.6) is 11.5 Å². The van der Waals surface area contributed by atoms with E-state index in [0.29, 0.717) is 34.9 Å². The fourth-order valence-corrected chi connectivity index (χ4v) is 6.33. The molecule has 1 aromatic rings. The van der Waals surface area contributed by atoms with E-state index in [4.69, 9.17) is 9.47 Å². The number of hydrogen-bond donors (Lipinski definition) is 2. The number of rotatable bonds is 7. The Morgan fingerprint density at radius 2 is 1.60 bits per heavy atom. The molecule has 164 valence electrons. The van der Waals surface area contributed by atoms with Gasteiger partial charge in [0.05, 0.1) is 19.9 Å². The van der Waals surface area contributed by atoms with Crippen LogP contribution in [0.4, 0.5) is 5.69 Å². The van der Waals surface area contributed by atoms with Gasteiger partial charge < -0.3 is 20.1 Å². The summed E-state index contributed by atoms with van der Waals surface area (Å²) < 4.78 is 10.6. The molecule has 30 heavy (non-hydrogen) atoms. The average molecular weight is 415 g/mol. The molecule has 6 nitrogen and oxygen atoms in total. The first-order valence-corrected chi connectivity index (χ1v) is 11.2. The van der Waals surface area contributed by atoms with Gasteiger partial charge in [-0.1, -0.05) is 13.8 Å². The molecule has 1 aromatic carbocycles. The van der Waals surface area contributed by atoms with E-state index in [1.54, 1.807) is 32.4 Å². The number of nitrogens with one attached hydrogen (secondary N) is 2. The Balaban J connectivity index is 1.48. The van der Waals surface area contributed by atoms with E-state index in [9.17, 15) is 9.59 Å². The lowest BCUT2D eigenvalue weighted by atomic mass is 9.49. The SMILES string of the molecule is COc1ccc(NC(=O)[C@@H](NC(=O)C23CC4CC(CC(C4)C2)C3)C(C)C)c(OC)c1. The molecule has 0 spiro atoms. The molecule has 4 bridgehead atoms.